The van der Waals surface area contributed by atoms with E-state index in [-0.39, 0.29) is 24.5 Å². The van der Waals surface area contributed by atoms with E-state index in [9.17, 15) is 4.79 Å². The summed E-state index contributed by atoms with van der Waals surface area (Å²) in [5.41, 5.74) is 11.3. The molecule has 1 heterocycles. The van der Waals surface area contributed by atoms with Crippen LogP contribution in [-0.4, -0.2) is 53.1 Å². The third kappa shape index (κ3) is 4.73. The van der Waals surface area contributed by atoms with Gasteiger partial charge in [-0.2, -0.15) is 5.10 Å². The van der Waals surface area contributed by atoms with E-state index in [1.165, 1.54) is 0 Å². The maximum absolute atomic E-state index is 11.1. The van der Waals surface area contributed by atoms with Crippen molar-refractivity contribution in [1.29, 1.82) is 0 Å². The lowest BCUT2D eigenvalue weighted by atomic mass is 9.83. The molecule has 0 unspecified atom stereocenters. The molecule has 4 N–H and O–H groups in total. The molecule has 1 amide bonds. The van der Waals surface area contributed by atoms with Crippen molar-refractivity contribution in [2.75, 3.05) is 20.3 Å². The zero-order chi connectivity index (χ0) is 16.8. The fraction of sp³-hybridized carbons (Fsp3) is 0.800. The van der Waals surface area contributed by atoms with Crippen LogP contribution in [0.3, 0.4) is 0 Å². The molecule has 0 bridgehead atoms. The van der Waals surface area contributed by atoms with Gasteiger partial charge < -0.3 is 20.9 Å². The number of hydrogen-bond acceptors (Lipinski definition) is 6. The summed E-state index contributed by atoms with van der Waals surface area (Å²) >= 11 is 0. The average Bonchev–Trinajstić information content (AvgIpc) is 2.90. The highest BCUT2D eigenvalue weighted by Gasteiger charge is 2.32. The molecule has 130 valence electrons. The smallest absolute Gasteiger partial charge is 0.225 e. The zero-order valence-corrected chi connectivity index (χ0v) is 13.9. The number of nitrogens with zero attached hydrogens (tertiary/aromatic N) is 3. The SMILES string of the molecule is CCOCCn1nc(CC(N)=O)nc1[C@H]1CC[C@H](N)[C@@H](OC)C1. The highest BCUT2D eigenvalue weighted by Crippen LogP contribution is 2.32. The van der Waals surface area contributed by atoms with E-state index in [0.717, 1.165) is 25.1 Å². The van der Waals surface area contributed by atoms with Crippen LogP contribution in [0.25, 0.3) is 0 Å². The Hall–Kier alpha value is -1.51. The van der Waals surface area contributed by atoms with Crippen LogP contribution in [0.4, 0.5) is 0 Å². The molecule has 1 aliphatic rings. The van der Waals surface area contributed by atoms with Crippen molar-refractivity contribution in [3.8, 4) is 0 Å². The van der Waals surface area contributed by atoms with Gasteiger partial charge in [0.25, 0.3) is 0 Å². The van der Waals surface area contributed by atoms with Gasteiger partial charge in [-0.3, -0.25) is 4.79 Å². The first-order valence-corrected chi connectivity index (χ1v) is 8.13. The Morgan fingerprint density at radius 1 is 1.43 bits per heavy atom. The summed E-state index contributed by atoms with van der Waals surface area (Å²) in [5.74, 6) is 1.12. The molecule has 0 spiro atoms. The van der Waals surface area contributed by atoms with E-state index in [1.807, 2.05) is 11.6 Å². The summed E-state index contributed by atoms with van der Waals surface area (Å²) < 4.78 is 12.7. The molecule has 1 saturated carbocycles. The molecule has 1 aromatic rings. The van der Waals surface area contributed by atoms with E-state index < -0.39 is 5.91 Å². The molecule has 1 aromatic heterocycles. The van der Waals surface area contributed by atoms with Crippen molar-refractivity contribution in [3.63, 3.8) is 0 Å². The first kappa shape index (κ1) is 17.8. The molecule has 1 aliphatic carbocycles. The van der Waals surface area contributed by atoms with Crippen molar-refractivity contribution in [2.24, 2.45) is 11.5 Å². The van der Waals surface area contributed by atoms with Crippen molar-refractivity contribution >= 4 is 5.91 Å². The molecule has 3 atom stereocenters. The predicted molar refractivity (Wildman–Crippen MR) is 84.8 cm³/mol. The summed E-state index contributed by atoms with van der Waals surface area (Å²) in [6, 6.07) is 0.0566. The maximum Gasteiger partial charge on any atom is 0.225 e. The Morgan fingerprint density at radius 2 is 2.22 bits per heavy atom. The minimum absolute atomic E-state index is 0.0189. The Balaban J connectivity index is 2.16. The number of nitrogens with two attached hydrogens (primary N) is 2. The zero-order valence-electron chi connectivity index (χ0n) is 13.9. The molecule has 8 heteroatoms. The first-order valence-electron chi connectivity index (χ1n) is 8.13. The molecular formula is C15H27N5O3. The number of primary amides is 1. The Morgan fingerprint density at radius 3 is 2.87 bits per heavy atom. The van der Waals surface area contributed by atoms with Gasteiger partial charge in [0.15, 0.2) is 5.82 Å². The number of ether oxygens (including phenoxy) is 2. The fourth-order valence-electron chi connectivity index (χ4n) is 3.05. The van der Waals surface area contributed by atoms with E-state index in [4.69, 9.17) is 20.9 Å². The normalized spacial score (nSPS) is 24.7. The number of carbonyl (C=O) groups excluding carboxylic acids is 1. The van der Waals surface area contributed by atoms with Gasteiger partial charge in [-0.05, 0) is 26.2 Å². The Bertz CT molecular complexity index is 519. The number of amides is 1. The number of aromatic nitrogens is 3. The third-order valence-electron chi connectivity index (χ3n) is 4.24. The summed E-state index contributed by atoms with van der Waals surface area (Å²) in [4.78, 5) is 15.7. The molecular weight excluding hydrogens is 298 g/mol. The molecule has 0 aliphatic heterocycles. The third-order valence-corrected chi connectivity index (χ3v) is 4.24. The highest BCUT2D eigenvalue weighted by molar-refractivity contribution is 5.75. The maximum atomic E-state index is 11.1. The number of hydrogen-bond donors (Lipinski definition) is 2. The molecule has 0 saturated heterocycles. The van der Waals surface area contributed by atoms with Crippen molar-refractivity contribution in [2.45, 2.75) is 57.2 Å². The number of methoxy groups -OCH3 is 1. The van der Waals surface area contributed by atoms with E-state index >= 15 is 0 Å². The van der Waals surface area contributed by atoms with Crippen LogP contribution in [0.15, 0.2) is 0 Å². The van der Waals surface area contributed by atoms with Gasteiger partial charge in [0.1, 0.15) is 5.82 Å². The fourth-order valence-corrected chi connectivity index (χ4v) is 3.05. The topological polar surface area (TPSA) is 118 Å². The second-order valence-electron chi connectivity index (χ2n) is 5.90. The minimum atomic E-state index is -0.432. The summed E-state index contributed by atoms with van der Waals surface area (Å²) in [6.07, 6.45) is 2.69. The summed E-state index contributed by atoms with van der Waals surface area (Å²) in [6.45, 7) is 3.77. The van der Waals surface area contributed by atoms with Gasteiger partial charge in [-0.25, -0.2) is 9.67 Å². The second kappa shape index (κ2) is 8.37. The lowest BCUT2D eigenvalue weighted by Gasteiger charge is -2.32. The molecule has 0 radical (unpaired) electrons. The van der Waals surface area contributed by atoms with E-state index in [1.54, 1.807) is 7.11 Å². The van der Waals surface area contributed by atoms with Gasteiger partial charge in [-0.15, -0.1) is 0 Å². The molecule has 0 aromatic carbocycles. The predicted octanol–water partition coefficient (Wildman–Crippen LogP) is -0.0478. The molecule has 2 rings (SSSR count). The Kier molecular flexibility index (Phi) is 6.49. The summed E-state index contributed by atoms with van der Waals surface area (Å²) in [7, 11) is 1.69. The lowest BCUT2D eigenvalue weighted by Crippen LogP contribution is -2.41. The van der Waals surface area contributed by atoms with Crippen LogP contribution in [0, 0.1) is 0 Å². The van der Waals surface area contributed by atoms with Gasteiger partial charge in [-0.1, -0.05) is 0 Å². The van der Waals surface area contributed by atoms with Crippen LogP contribution in [-0.2, 0) is 27.2 Å². The van der Waals surface area contributed by atoms with Gasteiger partial charge in [0.2, 0.25) is 5.91 Å². The first-order chi connectivity index (χ1) is 11.0. The molecule has 1 fully saturated rings. The molecule has 8 nitrogen and oxygen atoms in total. The summed E-state index contributed by atoms with van der Waals surface area (Å²) in [5, 5.41) is 4.42. The van der Waals surface area contributed by atoms with E-state index in [0.29, 0.717) is 25.6 Å². The van der Waals surface area contributed by atoms with Gasteiger partial charge in [0, 0.05) is 25.7 Å². The van der Waals surface area contributed by atoms with Crippen LogP contribution >= 0.6 is 0 Å². The molecule has 23 heavy (non-hydrogen) atoms. The number of carbonyl (C=O) groups is 1. The van der Waals surface area contributed by atoms with Crippen LogP contribution in [0.1, 0.15) is 43.8 Å². The standard InChI is InChI=1S/C15H27N5O3/c1-3-23-7-6-20-15(18-14(19-20)9-13(17)21)10-4-5-11(16)12(8-10)22-2/h10-12H,3-9,16H2,1-2H3,(H2,17,21)/t10-,11-,12-/m0/s1. The lowest BCUT2D eigenvalue weighted by molar-refractivity contribution is -0.117. The van der Waals surface area contributed by atoms with Crippen molar-refractivity contribution in [3.05, 3.63) is 11.6 Å². The van der Waals surface area contributed by atoms with Crippen LogP contribution in [0.2, 0.25) is 0 Å². The van der Waals surface area contributed by atoms with Crippen molar-refractivity contribution in [1.82, 2.24) is 14.8 Å². The minimum Gasteiger partial charge on any atom is -0.380 e. The van der Waals surface area contributed by atoms with Gasteiger partial charge >= 0.3 is 0 Å². The van der Waals surface area contributed by atoms with Crippen LogP contribution < -0.4 is 11.5 Å². The van der Waals surface area contributed by atoms with E-state index in [2.05, 4.69) is 10.1 Å². The quantitative estimate of drug-likeness (QED) is 0.647. The number of rotatable bonds is 8. The monoisotopic (exact) mass is 325 g/mol. The Labute approximate surface area is 136 Å². The van der Waals surface area contributed by atoms with Crippen molar-refractivity contribution < 1.29 is 14.3 Å². The largest absolute Gasteiger partial charge is 0.380 e. The van der Waals surface area contributed by atoms with Gasteiger partial charge in [0.05, 0.1) is 25.7 Å². The highest BCUT2D eigenvalue weighted by atomic mass is 16.5. The van der Waals surface area contributed by atoms with Crippen LogP contribution in [0.5, 0.6) is 0 Å². The average molecular weight is 325 g/mol. The second-order valence-corrected chi connectivity index (χ2v) is 5.90.